The maximum atomic E-state index is 12.5. The van der Waals surface area contributed by atoms with Crippen LogP contribution >= 0.6 is 22.7 Å². The number of rotatable bonds is 5. The summed E-state index contributed by atoms with van der Waals surface area (Å²) in [5, 5.41) is 6.81. The monoisotopic (exact) mass is 451 g/mol. The molecule has 1 aliphatic heterocycles. The number of anilines is 2. The molecule has 0 radical (unpaired) electrons. The predicted molar refractivity (Wildman–Crippen MR) is 119 cm³/mol. The van der Waals surface area contributed by atoms with Crippen LogP contribution in [0.1, 0.15) is 21.1 Å². The highest BCUT2D eigenvalue weighted by atomic mass is 32.1. The van der Waals surface area contributed by atoms with Crippen molar-refractivity contribution in [3.8, 4) is 0 Å². The van der Waals surface area contributed by atoms with E-state index in [1.807, 2.05) is 24.3 Å². The molecule has 0 saturated carbocycles. The molecule has 9 nitrogen and oxygen atoms in total. The molecule has 0 bridgehead atoms. The summed E-state index contributed by atoms with van der Waals surface area (Å²) in [6.45, 7) is 1.61. The first-order valence-corrected chi connectivity index (χ1v) is 11.2. The molecule has 11 heteroatoms. The number of aromatic nitrogens is 4. The molecular formula is C20H17N7O2S2. The third-order valence-corrected chi connectivity index (χ3v) is 6.68. The van der Waals surface area contributed by atoms with Crippen molar-refractivity contribution in [3.63, 3.8) is 0 Å². The number of fused-ring (bicyclic) bond motifs is 2. The summed E-state index contributed by atoms with van der Waals surface area (Å²) in [6.07, 6.45) is 5.12. The van der Waals surface area contributed by atoms with E-state index in [0.29, 0.717) is 16.8 Å². The van der Waals surface area contributed by atoms with E-state index in [1.54, 1.807) is 0 Å². The number of hydrogen-bond donors (Lipinski definition) is 2. The zero-order valence-electron chi connectivity index (χ0n) is 16.2. The lowest BCUT2D eigenvalue weighted by molar-refractivity contribution is -0.117. The van der Waals surface area contributed by atoms with E-state index in [4.69, 9.17) is 0 Å². The lowest BCUT2D eigenvalue weighted by Gasteiger charge is -2.24. The quantitative estimate of drug-likeness (QED) is 0.480. The fourth-order valence-corrected chi connectivity index (χ4v) is 5.23. The Balaban J connectivity index is 1.19. The molecule has 1 aromatic carbocycles. The van der Waals surface area contributed by atoms with E-state index < -0.39 is 0 Å². The Morgan fingerprint density at radius 2 is 1.94 bits per heavy atom. The third-order valence-electron chi connectivity index (χ3n) is 4.73. The van der Waals surface area contributed by atoms with Crippen LogP contribution in [0.2, 0.25) is 0 Å². The molecule has 2 N–H and O–H groups in total. The second-order valence-corrected chi connectivity index (χ2v) is 9.04. The fourth-order valence-electron chi connectivity index (χ4n) is 3.30. The zero-order chi connectivity index (χ0) is 21.2. The average molecular weight is 452 g/mol. The number of thiazole rings is 2. The Hall–Kier alpha value is -3.28. The van der Waals surface area contributed by atoms with Crippen LogP contribution in [-0.4, -0.2) is 49.7 Å². The van der Waals surface area contributed by atoms with Gasteiger partial charge in [0.15, 0.2) is 10.3 Å². The van der Waals surface area contributed by atoms with Crippen LogP contribution in [-0.2, 0) is 17.8 Å². The maximum Gasteiger partial charge on any atom is 0.277 e. The Morgan fingerprint density at radius 1 is 1.06 bits per heavy atom. The summed E-state index contributed by atoms with van der Waals surface area (Å²) in [7, 11) is 0. The number of carbonyl (C=O) groups is 2. The number of carbonyl (C=O) groups excluding carboxylic acids is 2. The van der Waals surface area contributed by atoms with Gasteiger partial charge >= 0.3 is 0 Å². The van der Waals surface area contributed by atoms with Crippen molar-refractivity contribution in [2.45, 2.75) is 13.0 Å². The van der Waals surface area contributed by atoms with Crippen LogP contribution in [0.4, 0.5) is 10.3 Å². The Morgan fingerprint density at radius 3 is 2.77 bits per heavy atom. The van der Waals surface area contributed by atoms with Gasteiger partial charge in [-0.25, -0.2) is 15.0 Å². The van der Waals surface area contributed by atoms with Gasteiger partial charge in [0, 0.05) is 36.8 Å². The molecule has 3 aromatic heterocycles. The molecule has 0 fully saturated rings. The first-order valence-electron chi connectivity index (χ1n) is 9.58. The summed E-state index contributed by atoms with van der Waals surface area (Å²) < 4.78 is 1.04. The molecule has 2 amide bonds. The lowest BCUT2D eigenvalue weighted by Crippen LogP contribution is -2.36. The Bertz CT molecular complexity index is 1220. The molecule has 5 rings (SSSR count). The smallest absolute Gasteiger partial charge is 0.277 e. The Kier molecular flexibility index (Phi) is 5.37. The predicted octanol–water partition coefficient (Wildman–Crippen LogP) is 2.79. The van der Waals surface area contributed by atoms with E-state index in [9.17, 15) is 9.59 Å². The second kappa shape index (κ2) is 8.46. The van der Waals surface area contributed by atoms with Crippen LogP contribution < -0.4 is 10.6 Å². The highest BCUT2D eigenvalue weighted by Crippen LogP contribution is 2.29. The molecule has 4 aromatic rings. The number of benzene rings is 1. The Labute approximate surface area is 185 Å². The SMILES string of the molecule is O=C(CN1CCc2nc(NC(=O)c3cnccn3)sc2C1)Nc1nc2ccccc2s1. The summed E-state index contributed by atoms with van der Waals surface area (Å²) in [4.78, 5) is 44.8. The molecule has 1 aliphatic rings. The maximum absolute atomic E-state index is 12.5. The van der Waals surface area contributed by atoms with E-state index in [-0.39, 0.29) is 24.1 Å². The van der Waals surface area contributed by atoms with E-state index in [2.05, 4.69) is 35.5 Å². The van der Waals surface area contributed by atoms with Gasteiger partial charge in [-0.15, -0.1) is 11.3 Å². The van der Waals surface area contributed by atoms with Crippen LogP contribution in [0.25, 0.3) is 10.2 Å². The highest BCUT2D eigenvalue weighted by Gasteiger charge is 2.23. The van der Waals surface area contributed by atoms with Gasteiger partial charge in [0.1, 0.15) is 5.69 Å². The van der Waals surface area contributed by atoms with Crippen LogP contribution in [0, 0.1) is 0 Å². The van der Waals surface area contributed by atoms with Crippen molar-refractivity contribution in [1.29, 1.82) is 0 Å². The molecule has 0 saturated heterocycles. The zero-order valence-corrected chi connectivity index (χ0v) is 17.9. The van der Waals surface area contributed by atoms with Crippen molar-refractivity contribution in [3.05, 3.63) is 59.1 Å². The van der Waals surface area contributed by atoms with Gasteiger partial charge in [0.2, 0.25) is 5.91 Å². The summed E-state index contributed by atoms with van der Waals surface area (Å²) >= 11 is 2.89. The molecule has 0 unspecified atom stereocenters. The van der Waals surface area contributed by atoms with Gasteiger partial charge in [-0.05, 0) is 12.1 Å². The summed E-state index contributed by atoms with van der Waals surface area (Å²) in [5.74, 6) is -0.436. The number of hydrogen-bond acceptors (Lipinski definition) is 9. The van der Waals surface area contributed by atoms with Crippen LogP contribution in [0.5, 0.6) is 0 Å². The van der Waals surface area contributed by atoms with E-state index in [1.165, 1.54) is 41.3 Å². The molecule has 156 valence electrons. The largest absolute Gasteiger partial charge is 0.301 e. The molecule has 4 heterocycles. The normalized spacial score (nSPS) is 13.7. The molecule has 0 spiro atoms. The van der Waals surface area contributed by atoms with Gasteiger partial charge in [-0.3, -0.25) is 24.8 Å². The highest BCUT2D eigenvalue weighted by molar-refractivity contribution is 7.22. The number of para-hydroxylation sites is 1. The first-order chi connectivity index (χ1) is 15.1. The molecule has 0 aliphatic carbocycles. The first kappa shape index (κ1) is 19.7. The van der Waals surface area contributed by atoms with Crippen molar-refractivity contribution in [2.75, 3.05) is 23.7 Å². The second-order valence-electron chi connectivity index (χ2n) is 6.93. The molecular weight excluding hydrogens is 434 g/mol. The van der Waals surface area contributed by atoms with E-state index in [0.717, 1.165) is 33.8 Å². The standard InChI is InChI=1S/C20H17N7O2S2/c28-17(25-19-23-12-3-1-2-4-15(12)30-19)11-27-8-5-13-16(10-27)31-20(24-13)26-18(29)14-9-21-6-7-22-14/h1-4,6-7,9H,5,8,10-11H2,(H,23,25,28)(H,24,26,29). The van der Waals surface area contributed by atoms with Crippen molar-refractivity contribution in [1.82, 2.24) is 24.8 Å². The fraction of sp³-hybridized carbons (Fsp3) is 0.200. The van der Waals surface area contributed by atoms with Crippen molar-refractivity contribution in [2.24, 2.45) is 0 Å². The van der Waals surface area contributed by atoms with Gasteiger partial charge < -0.3 is 5.32 Å². The van der Waals surface area contributed by atoms with Crippen LogP contribution in [0.3, 0.4) is 0 Å². The minimum Gasteiger partial charge on any atom is -0.301 e. The van der Waals surface area contributed by atoms with Gasteiger partial charge in [-0.2, -0.15) is 0 Å². The molecule has 31 heavy (non-hydrogen) atoms. The average Bonchev–Trinajstić information content (AvgIpc) is 3.36. The topological polar surface area (TPSA) is 113 Å². The summed E-state index contributed by atoms with van der Waals surface area (Å²) in [6, 6.07) is 7.80. The lowest BCUT2D eigenvalue weighted by atomic mass is 10.2. The number of nitrogens with zero attached hydrogens (tertiary/aromatic N) is 5. The van der Waals surface area contributed by atoms with Crippen molar-refractivity contribution < 1.29 is 9.59 Å². The summed E-state index contributed by atoms with van der Waals surface area (Å²) in [5.41, 5.74) is 2.08. The van der Waals surface area contributed by atoms with Gasteiger partial charge in [-0.1, -0.05) is 23.5 Å². The molecule has 0 atom stereocenters. The minimum absolute atomic E-state index is 0.0943. The van der Waals surface area contributed by atoms with Crippen molar-refractivity contribution >= 4 is 55.0 Å². The minimum atomic E-state index is -0.341. The third kappa shape index (κ3) is 4.43. The van der Waals surface area contributed by atoms with Gasteiger partial charge in [0.25, 0.3) is 5.91 Å². The van der Waals surface area contributed by atoms with Gasteiger partial charge in [0.05, 0.1) is 28.7 Å². The van der Waals surface area contributed by atoms with Crippen LogP contribution in [0.15, 0.2) is 42.9 Å². The van der Waals surface area contributed by atoms with E-state index >= 15 is 0 Å². The number of amides is 2. The number of nitrogens with one attached hydrogen (secondary N) is 2.